The number of nitrogens with one attached hydrogen (secondary N) is 1. The van der Waals surface area contributed by atoms with Gasteiger partial charge in [-0.3, -0.25) is 4.79 Å². The summed E-state index contributed by atoms with van der Waals surface area (Å²) in [7, 11) is 3.28. The van der Waals surface area contributed by atoms with Crippen LogP contribution in [0.4, 0.5) is 0 Å². The molecule has 1 aliphatic rings. The molecule has 1 heterocycles. The van der Waals surface area contributed by atoms with E-state index >= 15 is 0 Å². The molecule has 1 N–H and O–H groups in total. The van der Waals surface area contributed by atoms with Gasteiger partial charge < -0.3 is 24.4 Å². The Morgan fingerprint density at radius 1 is 1.03 bits per heavy atom. The first kappa shape index (κ1) is 28.0. The second-order valence-corrected chi connectivity index (χ2v) is 8.98. The first-order valence-corrected chi connectivity index (χ1v) is 11.9. The summed E-state index contributed by atoms with van der Waals surface area (Å²) in [6.45, 7) is 7.95. The van der Waals surface area contributed by atoms with Gasteiger partial charge in [-0.1, -0.05) is 30.3 Å². The Morgan fingerprint density at radius 2 is 1.76 bits per heavy atom. The van der Waals surface area contributed by atoms with Gasteiger partial charge in [0.05, 0.1) is 13.7 Å². The fraction of sp³-hybridized carbons (Fsp3) is 0.519. The van der Waals surface area contributed by atoms with Gasteiger partial charge in [0.1, 0.15) is 0 Å². The molecule has 0 aromatic heterocycles. The Kier molecular flexibility index (Phi) is 11.7. The molecule has 0 saturated carbocycles. The molecule has 1 aliphatic heterocycles. The van der Waals surface area contributed by atoms with Crippen LogP contribution in [0.15, 0.2) is 48.5 Å². The van der Waals surface area contributed by atoms with E-state index in [4.69, 9.17) is 14.2 Å². The fourth-order valence-electron chi connectivity index (χ4n) is 4.41. The molecule has 2 aromatic rings. The largest absolute Gasteiger partial charge is 0.493 e. The SMILES string of the molecule is COCCCOc1cc(C(=O)N(C[C@@H]2CNC[C@H]2Cc2ccccc2)C(C)C)ccc1OC.Cl. The molecule has 6 nitrogen and oxygen atoms in total. The average Bonchev–Trinajstić information content (AvgIpc) is 3.26. The van der Waals surface area contributed by atoms with Crippen LogP contribution in [0.25, 0.3) is 0 Å². The number of hydrogen-bond donors (Lipinski definition) is 1. The molecular weight excluding hydrogens is 452 g/mol. The summed E-state index contributed by atoms with van der Waals surface area (Å²) in [5.74, 6) is 2.17. The molecule has 0 bridgehead atoms. The molecule has 0 spiro atoms. The van der Waals surface area contributed by atoms with Gasteiger partial charge >= 0.3 is 0 Å². The van der Waals surface area contributed by atoms with E-state index in [1.807, 2.05) is 17.0 Å². The van der Waals surface area contributed by atoms with Crippen molar-refractivity contribution in [3.63, 3.8) is 0 Å². The maximum Gasteiger partial charge on any atom is 0.254 e. The minimum absolute atomic E-state index is 0. The van der Waals surface area contributed by atoms with E-state index < -0.39 is 0 Å². The molecule has 2 atom stereocenters. The van der Waals surface area contributed by atoms with Crippen molar-refractivity contribution in [2.75, 3.05) is 47.1 Å². The third-order valence-corrected chi connectivity index (χ3v) is 6.30. The molecule has 188 valence electrons. The number of rotatable bonds is 12. The van der Waals surface area contributed by atoms with Crippen molar-refractivity contribution < 1.29 is 19.0 Å². The van der Waals surface area contributed by atoms with Crippen LogP contribution in [0.1, 0.15) is 36.2 Å². The maximum atomic E-state index is 13.6. The number of hydrogen-bond acceptors (Lipinski definition) is 5. The standard InChI is InChI=1S/C27H38N2O4.ClH/c1-20(2)29(19-24-18-28-17-23(24)15-21-9-6-5-7-10-21)27(30)22-11-12-25(32-4)26(16-22)33-14-8-13-31-3;/h5-7,9-12,16,20,23-24,28H,8,13-15,17-19H2,1-4H3;1H/t23-,24+;/m1./s1. The van der Waals surface area contributed by atoms with Gasteiger partial charge in [0.15, 0.2) is 11.5 Å². The molecule has 0 unspecified atom stereocenters. The fourth-order valence-corrected chi connectivity index (χ4v) is 4.41. The molecule has 1 saturated heterocycles. The Hall–Kier alpha value is -2.28. The van der Waals surface area contributed by atoms with Crippen LogP contribution in [0.5, 0.6) is 11.5 Å². The smallest absolute Gasteiger partial charge is 0.254 e. The highest BCUT2D eigenvalue weighted by Crippen LogP contribution is 2.30. The summed E-state index contributed by atoms with van der Waals surface area (Å²) in [5, 5.41) is 3.54. The summed E-state index contributed by atoms with van der Waals surface area (Å²) in [5.41, 5.74) is 1.97. The van der Waals surface area contributed by atoms with E-state index in [0.717, 1.165) is 32.5 Å². The zero-order valence-corrected chi connectivity index (χ0v) is 21.6. The second kappa shape index (κ2) is 14.2. The molecule has 34 heavy (non-hydrogen) atoms. The summed E-state index contributed by atoms with van der Waals surface area (Å²) in [4.78, 5) is 15.5. The van der Waals surface area contributed by atoms with Crippen molar-refractivity contribution in [2.45, 2.75) is 32.7 Å². The summed E-state index contributed by atoms with van der Waals surface area (Å²) in [6, 6.07) is 16.2. The lowest BCUT2D eigenvalue weighted by Crippen LogP contribution is -2.42. The number of amides is 1. The number of halogens is 1. The monoisotopic (exact) mass is 490 g/mol. The van der Waals surface area contributed by atoms with Crippen LogP contribution in [-0.4, -0.2) is 63.9 Å². The summed E-state index contributed by atoms with van der Waals surface area (Å²) < 4.78 is 16.4. The Balaban J connectivity index is 0.00000408. The first-order valence-electron chi connectivity index (χ1n) is 11.9. The van der Waals surface area contributed by atoms with Gasteiger partial charge in [0.2, 0.25) is 0 Å². The quantitative estimate of drug-likeness (QED) is 0.445. The Bertz CT molecular complexity index is 878. The van der Waals surface area contributed by atoms with Crippen molar-refractivity contribution in [1.29, 1.82) is 0 Å². The van der Waals surface area contributed by atoms with Crippen molar-refractivity contribution in [2.24, 2.45) is 11.8 Å². The number of methoxy groups -OCH3 is 2. The van der Waals surface area contributed by atoms with Gasteiger partial charge in [-0.15, -0.1) is 12.4 Å². The van der Waals surface area contributed by atoms with Crippen LogP contribution in [0, 0.1) is 11.8 Å². The van der Waals surface area contributed by atoms with Gasteiger partial charge in [-0.25, -0.2) is 0 Å². The molecule has 7 heteroatoms. The molecule has 1 fully saturated rings. The van der Waals surface area contributed by atoms with Crippen LogP contribution < -0.4 is 14.8 Å². The Morgan fingerprint density at radius 3 is 2.44 bits per heavy atom. The molecular formula is C27H39ClN2O4. The lowest BCUT2D eigenvalue weighted by atomic mass is 9.89. The highest BCUT2D eigenvalue weighted by molar-refractivity contribution is 5.95. The minimum atomic E-state index is 0. The van der Waals surface area contributed by atoms with Crippen molar-refractivity contribution >= 4 is 18.3 Å². The van der Waals surface area contributed by atoms with Crippen LogP contribution in [-0.2, 0) is 11.2 Å². The average molecular weight is 491 g/mol. The van der Waals surface area contributed by atoms with E-state index in [0.29, 0.717) is 42.1 Å². The van der Waals surface area contributed by atoms with Gasteiger partial charge in [-0.05, 0) is 69.0 Å². The van der Waals surface area contributed by atoms with Crippen LogP contribution in [0.2, 0.25) is 0 Å². The first-order chi connectivity index (χ1) is 16.0. The summed E-state index contributed by atoms with van der Waals surface area (Å²) >= 11 is 0. The third kappa shape index (κ3) is 7.62. The molecule has 0 radical (unpaired) electrons. The van der Waals surface area contributed by atoms with E-state index in [1.54, 1.807) is 20.3 Å². The van der Waals surface area contributed by atoms with E-state index in [1.165, 1.54) is 5.56 Å². The lowest BCUT2D eigenvalue weighted by molar-refractivity contribution is 0.0661. The van der Waals surface area contributed by atoms with E-state index in [9.17, 15) is 4.79 Å². The predicted octanol–water partition coefficient (Wildman–Crippen LogP) is 4.46. The molecule has 0 aliphatic carbocycles. The minimum Gasteiger partial charge on any atom is -0.493 e. The maximum absolute atomic E-state index is 13.6. The van der Waals surface area contributed by atoms with Crippen molar-refractivity contribution in [3.8, 4) is 11.5 Å². The number of nitrogens with zero attached hydrogens (tertiary/aromatic N) is 1. The molecule has 2 aromatic carbocycles. The number of ether oxygens (including phenoxy) is 3. The van der Waals surface area contributed by atoms with Gasteiger partial charge in [-0.2, -0.15) is 0 Å². The van der Waals surface area contributed by atoms with Crippen molar-refractivity contribution in [3.05, 3.63) is 59.7 Å². The van der Waals surface area contributed by atoms with Crippen molar-refractivity contribution in [1.82, 2.24) is 10.2 Å². The highest BCUT2D eigenvalue weighted by atomic mass is 35.5. The van der Waals surface area contributed by atoms with E-state index in [-0.39, 0.29) is 24.4 Å². The van der Waals surface area contributed by atoms with Crippen LogP contribution >= 0.6 is 12.4 Å². The number of carbonyl (C=O) groups is 1. The third-order valence-electron chi connectivity index (χ3n) is 6.30. The number of benzene rings is 2. The van der Waals surface area contributed by atoms with Crippen LogP contribution in [0.3, 0.4) is 0 Å². The van der Waals surface area contributed by atoms with E-state index in [2.05, 4.69) is 49.5 Å². The molecule has 1 amide bonds. The normalized spacial score (nSPS) is 17.3. The lowest BCUT2D eigenvalue weighted by Gasteiger charge is -2.32. The zero-order chi connectivity index (χ0) is 23.6. The second-order valence-electron chi connectivity index (χ2n) is 8.98. The summed E-state index contributed by atoms with van der Waals surface area (Å²) in [6.07, 6.45) is 1.80. The number of carbonyl (C=O) groups excluding carboxylic acids is 1. The topological polar surface area (TPSA) is 60.0 Å². The molecule has 3 rings (SSSR count). The van der Waals surface area contributed by atoms with Gasteiger partial charge in [0, 0.05) is 38.3 Å². The highest BCUT2D eigenvalue weighted by Gasteiger charge is 2.31. The van der Waals surface area contributed by atoms with Gasteiger partial charge in [0.25, 0.3) is 5.91 Å². The Labute approximate surface area is 210 Å². The predicted molar refractivity (Wildman–Crippen MR) is 138 cm³/mol. The zero-order valence-electron chi connectivity index (χ0n) is 20.8.